The van der Waals surface area contributed by atoms with E-state index in [1.807, 2.05) is 36.4 Å². The molecule has 0 amide bonds. The van der Waals surface area contributed by atoms with Gasteiger partial charge in [-0.1, -0.05) is 75.1 Å². The van der Waals surface area contributed by atoms with Crippen molar-refractivity contribution in [3.05, 3.63) is 59.9 Å². The van der Waals surface area contributed by atoms with Crippen molar-refractivity contribution in [2.75, 3.05) is 0 Å². The topological polar surface area (TPSA) is 0 Å². The highest BCUT2D eigenvalue weighted by atomic mass is 19.1. The zero-order valence-corrected chi connectivity index (χ0v) is 12.2. The van der Waals surface area contributed by atoms with E-state index in [1.165, 1.54) is 25.7 Å². The SMILES string of the molecule is CCCCCCCc1ccc(-c2ccccc2)c(F)c1. The van der Waals surface area contributed by atoms with Crippen molar-refractivity contribution in [3.8, 4) is 11.1 Å². The Morgan fingerprint density at radius 2 is 1.60 bits per heavy atom. The lowest BCUT2D eigenvalue weighted by molar-refractivity contribution is 0.618. The van der Waals surface area contributed by atoms with Crippen LogP contribution in [-0.2, 0) is 6.42 Å². The summed E-state index contributed by atoms with van der Waals surface area (Å²) in [5.74, 6) is -0.109. The van der Waals surface area contributed by atoms with Gasteiger partial charge < -0.3 is 0 Å². The molecule has 0 aliphatic heterocycles. The summed E-state index contributed by atoms with van der Waals surface area (Å²) in [6.45, 7) is 2.22. The molecule has 0 nitrogen and oxygen atoms in total. The van der Waals surface area contributed by atoms with E-state index in [0.29, 0.717) is 5.56 Å². The lowest BCUT2D eigenvalue weighted by Crippen LogP contribution is -1.90. The lowest BCUT2D eigenvalue weighted by atomic mass is 10.0. The summed E-state index contributed by atoms with van der Waals surface area (Å²) < 4.78 is 14.2. The molecule has 0 aliphatic rings. The zero-order chi connectivity index (χ0) is 14.2. The second-order valence-corrected chi connectivity index (χ2v) is 5.34. The van der Waals surface area contributed by atoms with Gasteiger partial charge in [0.05, 0.1) is 0 Å². The largest absolute Gasteiger partial charge is 0.206 e. The Hall–Kier alpha value is -1.63. The monoisotopic (exact) mass is 270 g/mol. The molecular weight excluding hydrogens is 247 g/mol. The molecule has 0 heterocycles. The van der Waals surface area contributed by atoms with Crippen molar-refractivity contribution in [3.63, 3.8) is 0 Å². The third-order valence-corrected chi connectivity index (χ3v) is 3.69. The second kappa shape index (κ2) is 7.84. The molecular formula is C19H23F. The Morgan fingerprint density at radius 3 is 2.30 bits per heavy atom. The average Bonchev–Trinajstić information content (AvgIpc) is 2.48. The highest BCUT2D eigenvalue weighted by Crippen LogP contribution is 2.24. The number of hydrogen-bond donors (Lipinski definition) is 0. The quantitative estimate of drug-likeness (QED) is 0.541. The van der Waals surface area contributed by atoms with Crippen molar-refractivity contribution >= 4 is 0 Å². The molecule has 0 saturated carbocycles. The highest BCUT2D eigenvalue weighted by Gasteiger charge is 2.05. The molecule has 0 N–H and O–H groups in total. The van der Waals surface area contributed by atoms with E-state index < -0.39 is 0 Å². The molecule has 0 fully saturated rings. The fraction of sp³-hybridized carbons (Fsp3) is 0.368. The third-order valence-electron chi connectivity index (χ3n) is 3.69. The molecule has 0 radical (unpaired) electrons. The van der Waals surface area contributed by atoms with Crippen LogP contribution in [0.15, 0.2) is 48.5 Å². The van der Waals surface area contributed by atoms with Crippen LogP contribution in [0.1, 0.15) is 44.6 Å². The average molecular weight is 270 g/mol. The van der Waals surface area contributed by atoms with Gasteiger partial charge in [-0.3, -0.25) is 0 Å². The van der Waals surface area contributed by atoms with Gasteiger partial charge in [-0.2, -0.15) is 0 Å². The minimum absolute atomic E-state index is 0.109. The van der Waals surface area contributed by atoms with Crippen LogP contribution in [0.25, 0.3) is 11.1 Å². The van der Waals surface area contributed by atoms with Crippen molar-refractivity contribution < 1.29 is 4.39 Å². The molecule has 0 aromatic heterocycles. The Morgan fingerprint density at radius 1 is 0.850 bits per heavy atom. The van der Waals surface area contributed by atoms with Gasteiger partial charge in [0.15, 0.2) is 0 Å². The molecule has 0 aliphatic carbocycles. The van der Waals surface area contributed by atoms with Gasteiger partial charge in [-0.15, -0.1) is 0 Å². The summed E-state index contributed by atoms with van der Waals surface area (Å²) in [6, 6.07) is 15.4. The number of halogens is 1. The molecule has 2 rings (SSSR count). The van der Waals surface area contributed by atoms with Crippen LogP contribution in [0.4, 0.5) is 4.39 Å². The maximum atomic E-state index is 14.2. The van der Waals surface area contributed by atoms with Crippen molar-refractivity contribution in [1.82, 2.24) is 0 Å². The van der Waals surface area contributed by atoms with E-state index in [1.54, 1.807) is 6.07 Å². The number of hydrogen-bond acceptors (Lipinski definition) is 0. The normalized spacial score (nSPS) is 10.7. The lowest BCUT2D eigenvalue weighted by Gasteiger charge is -2.07. The van der Waals surface area contributed by atoms with Crippen LogP contribution in [0.2, 0.25) is 0 Å². The van der Waals surface area contributed by atoms with Gasteiger partial charge in [0.2, 0.25) is 0 Å². The molecule has 0 unspecified atom stereocenters. The number of aryl methyl sites for hydroxylation is 1. The smallest absolute Gasteiger partial charge is 0.131 e. The van der Waals surface area contributed by atoms with E-state index in [2.05, 4.69) is 13.0 Å². The van der Waals surface area contributed by atoms with Crippen LogP contribution in [0.3, 0.4) is 0 Å². The van der Waals surface area contributed by atoms with E-state index in [4.69, 9.17) is 0 Å². The predicted octanol–water partition coefficient (Wildman–Crippen LogP) is 6.01. The highest BCUT2D eigenvalue weighted by molar-refractivity contribution is 5.64. The summed E-state index contributed by atoms with van der Waals surface area (Å²) in [6.07, 6.45) is 7.25. The molecule has 0 bridgehead atoms. The van der Waals surface area contributed by atoms with Gasteiger partial charge in [-0.25, -0.2) is 4.39 Å². The van der Waals surface area contributed by atoms with E-state index >= 15 is 0 Å². The van der Waals surface area contributed by atoms with Crippen molar-refractivity contribution in [2.45, 2.75) is 45.4 Å². The molecule has 2 aromatic rings. The first kappa shape index (κ1) is 14.8. The predicted molar refractivity (Wildman–Crippen MR) is 84.3 cm³/mol. The molecule has 1 heteroatoms. The first-order valence-electron chi connectivity index (χ1n) is 7.65. The number of rotatable bonds is 7. The van der Waals surface area contributed by atoms with Gasteiger partial charge >= 0.3 is 0 Å². The maximum Gasteiger partial charge on any atom is 0.131 e. The van der Waals surface area contributed by atoms with Gasteiger partial charge in [0, 0.05) is 5.56 Å². The first-order chi connectivity index (χ1) is 9.81. The third kappa shape index (κ3) is 4.19. The summed E-state index contributed by atoms with van der Waals surface area (Å²) in [7, 11) is 0. The Bertz CT molecular complexity index is 517. The van der Waals surface area contributed by atoms with Crippen molar-refractivity contribution in [1.29, 1.82) is 0 Å². The summed E-state index contributed by atoms with van der Waals surface area (Å²) in [5, 5.41) is 0. The molecule has 0 saturated heterocycles. The fourth-order valence-electron chi connectivity index (χ4n) is 2.50. The fourth-order valence-corrected chi connectivity index (χ4v) is 2.50. The van der Waals surface area contributed by atoms with Crippen LogP contribution in [0.5, 0.6) is 0 Å². The van der Waals surface area contributed by atoms with E-state index in [9.17, 15) is 4.39 Å². The first-order valence-corrected chi connectivity index (χ1v) is 7.65. The summed E-state index contributed by atoms with van der Waals surface area (Å²) in [4.78, 5) is 0. The standard InChI is InChI=1S/C19H23F/c1-2-3-4-5-7-10-16-13-14-18(19(20)15-16)17-11-8-6-9-12-17/h6,8-9,11-15H,2-5,7,10H2,1H3. The molecule has 2 aromatic carbocycles. The molecule has 106 valence electrons. The number of benzene rings is 2. The maximum absolute atomic E-state index is 14.2. The summed E-state index contributed by atoms with van der Waals surface area (Å²) in [5.41, 5.74) is 2.75. The molecule has 0 atom stereocenters. The summed E-state index contributed by atoms with van der Waals surface area (Å²) >= 11 is 0. The van der Waals surface area contributed by atoms with Crippen LogP contribution in [-0.4, -0.2) is 0 Å². The van der Waals surface area contributed by atoms with Gasteiger partial charge in [0.25, 0.3) is 0 Å². The Kier molecular flexibility index (Phi) is 5.79. The van der Waals surface area contributed by atoms with Crippen LogP contribution < -0.4 is 0 Å². The van der Waals surface area contributed by atoms with Gasteiger partial charge in [-0.05, 0) is 30.0 Å². The van der Waals surface area contributed by atoms with Gasteiger partial charge in [0.1, 0.15) is 5.82 Å². The van der Waals surface area contributed by atoms with E-state index in [0.717, 1.165) is 24.0 Å². The molecule has 20 heavy (non-hydrogen) atoms. The minimum Gasteiger partial charge on any atom is -0.206 e. The minimum atomic E-state index is -0.109. The van der Waals surface area contributed by atoms with Crippen molar-refractivity contribution in [2.24, 2.45) is 0 Å². The van der Waals surface area contributed by atoms with E-state index in [-0.39, 0.29) is 5.82 Å². The zero-order valence-electron chi connectivity index (χ0n) is 12.2. The Balaban J connectivity index is 1.96. The van der Waals surface area contributed by atoms with Crippen LogP contribution in [0, 0.1) is 5.82 Å². The number of unbranched alkanes of at least 4 members (excludes halogenated alkanes) is 4. The van der Waals surface area contributed by atoms with Crippen LogP contribution >= 0.6 is 0 Å². The second-order valence-electron chi connectivity index (χ2n) is 5.34. The Labute approximate surface area is 121 Å². The molecule has 0 spiro atoms.